The van der Waals surface area contributed by atoms with Gasteiger partial charge in [-0.25, -0.2) is 0 Å². The molecule has 1 amide bonds. The smallest absolute Gasteiger partial charge is 0.269 e. The van der Waals surface area contributed by atoms with Crippen LogP contribution in [0.4, 0.5) is 5.69 Å². The molecule has 0 fully saturated rings. The van der Waals surface area contributed by atoms with Crippen LogP contribution >= 0.6 is 15.9 Å². The van der Waals surface area contributed by atoms with E-state index in [9.17, 15) is 14.9 Å². The van der Waals surface area contributed by atoms with E-state index in [1.807, 2.05) is 31.2 Å². The second kappa shape index (κ2) is 9.33. The standard InChI is InChI=1S/C19H21BrN2O4/c1-14(15-6-3-8-17(12-15)22(24)25)21(2)19(23)10-5-11-26-18-9-4-7-16(20)13-18/h3-4,6-9,12-14H,5,10-11H2,1-2H3. The number of carbonyl (C=O) groups excluding carboxylic acids is 1. The molecule has 26 heavy (non-hydrogen) atoms. The van der Waals surface area contributed by atoms with Gasteiger partial charge in [0.2, 0.25) is 5.91 Å². The summed E-state index contributed by atoms with van der Waals surface area (Å²) in [7, 11) is 1.71. The summed E-state index contributed by atoms with van der Waals surface area (Å²) in [6, 6.07) is 13.7. The van der Waals surface area contributed by atoms with Gasteiger partial charge < -0.3 is 9.64 Å². The van der Waals surface area contributed by atoms with Crippen LogP contribution in [0.3, 0.4) is 0 Å². The van der Waals surface area contributed by atoms with Gasteiger partial charge in [0.15, 0.2) is 0 Å². The number of nitro benzene ring substituents is 1. The number of halogens is 1. The van der Waals surface area contributed by atoms with Crippen molar-refractivity contribution < 1.29 is 14.5 Å². The van der Waals surface area contributed by atoms with Gasteiger partial charge in [0.25, 0.3) is 5.69 Å². The molecule has 1 atom stereocenters. The van der Waals surface area contributed by atoms with E-state index < -0.39 is 4.92 Å². The minimum absolute atomic E-state index is 0.0256. The molecule has 0 heterocycles. The molecule has 0 aromatic heterocycles. The van der Waals surface area contributed by atoms with Gasteiger partial charge in [-0.3, -0.25) is 14.9 Å². The molecule has 0 N–H and O–H groups in total. The summed E-state index contributed by atoms with van der Waals surface area (Å²) in [4.78, 5) is 24.4. The molecular formula is C19H21BrN2O4. The zero-order valence-corrected chi connectivity index (χ0v) is 16.3. The van der Waals surface area contributed by atoms with E-state index in [1.54, 1.807) is 24.1 Å². The predicted molar refractivity (Wildman–Crippen MR) is 103 cm³/mol. The van der Waals surface area contributed by atoms with Crippen molar-refractivity contribution in [1.82, 2.24) is 4.90 Å². The second-order valence-corrected chi connectivity index (χ2v) is 6.86. The van der Waals surface area contributed by atoms with Gasteiger partial charge in [0.1, 0.15) is 5.75 Å². The van der Waals surface area contributed by atoms with Crippen LogP contribution in [0.15, 0.2) is 53.0 Å². The Labute approximate surface area is 161 Å². The average molecular weight is 421 g/mol. The van der Waals surface area contributed by atoms with Crippen LogP contribution in [0.25, 0.3) is 0 Å². The number of rotatable bonds is 8. The highest BCUT2D eigenvalue weighted by molar-refractivity contribution is 9.10. The summed E-state index contributed by atoms with van der Waals surface area (Å²) in [5.74, 6) is 0.729. The van der Waals surface area contributed by atoms with Crippen LogP contribution in [-0.4, -0.2) is 29.4 Å². The van der Waals surface area contributed by atoms with E-state index >= 15 is 0 Å². The highest BCUT2D eigenvalue weighted by Crippen LogP contribution is 2.24. The van der Waals surface area contributed by atoms with E-state index in [1.165, 1.54) is 12.1 Å². The third kappa shape index (κ3) is 5.56. The molecule has 2 aromatic rings. The topological polar surface area (TPSA) is 72.7 Å². The summed E-state index contributed by atoms with van der Waals surface area (Å²) < 4.78 is 6.57. The summed E-state index contributed by atoms with van der Waals surface area (Å²) in [6.07, 6.45) is 0.946. The number of hydrogen-bond acceptors (Lipinski definition) is 4. The number of amides is 1. The van der Waals surface area contributed by atoms with E-state index in [2.05, 4.69) is 15.9 Å². The number of nitro groups is 1. The number of non-ortho nitro benzene ring substituents is 1. The highest BCUT2D eigenvalue weighted by Gasteiger charge is 2.19. The molecule has 0 aliphatic rings. The summed E-state index contributed by atoms with van der Waals surface area (Å²) in [5, 5.41) is 10.9. The monoisotopic (exact) mass is 420 g/mol. The van der Waals surface area contributed by atoms with E-state index in [0.717, 1.165) is 15.8 Å². The fraction of sp³-hybridized carbons (Fsp3) is 0.316. The lowest BCUT2D eigenvalue weighted by atomic mass is 10.1. The second-order valence-electron chi connectivity index (χ2n) is 5.94. The van der Waals surface area contributed by atoms with Crippen LogP contribution < -0.4 is 4.74 Å². The molecular weight excluding hydrogens is 400 g/mol. The van der Waals surface area contributed by atoms with Crippen LogP contribution in [0.2, 0.25) is 0 Å². The lowest BCUT2D eigenvalue weighted by Gasteiger charge is -2.25. The first kappa shape index (κ1) is 19.9. The van der Waals surface area contributed by atoms with E-state index in [-0.39, 0.29) is 17.6 Å². The SMILES string of the molecule is CC(c1cccc([N+](=O)[O-])c1)N(C)C(=O)CCCOc1cccc(Br)c1. The summed E-state index contributed by atoms with van der Waals surface area (Å²) >= 11 is 3.38. The van der Waals surface area contributed by atoms with Crippen molar-refractivity contribution in [3.63, 3.8) is 0 Å². The molecule has 0 aliphatic heterocycles. The number of ether oxygens (including phenoxy) is 1. The molecule has 138 valence electrons. The molecule has 6 nitrogen and oxygen atoms in total. The van der Waals surface area contributed by atoms with Crippen molar-refractivity contribution in [3.05, 3.63) is 68.7 Å². The normalized spacial score (nSPS) is 11.7. The summed E-state index contributed by atoms with van der Waals surface area (Å²) in [5.41, 5.74) is 0.762. The van der Waals surface area contributed by atoms with Gasteiger partial charge in [-0.2, -0.15) is 0 Å². The van der Waals surface area contributed by atoms with Gasteiger partial charge in [-0.1, -0.05) is 34.1 Å². The average Bonchev–Trinajstić information content (AvgIpc) is 2.64. The van der Waals surface area contributed by atoms with E-state index in [4.69, 9.17) is 4.74 Å². The minimum Gasteiger partial charge on any atom is -0.494 e. The van der Waals surface area contributed by atoms with Crippen molar-refractivity contribution in [2.75, 3.05) is 13.7 Å². The fourth-order valence-electron chi connectivity index (χ4n) is 2.48. The summed E-state index contributed by atoms with van der Waals surface area (Å²) in [6.45, 7) is 2.30. The number of nitrogens with zero attached hydrogens (tertiary/aromatic N) is 2. The van der Waals surface area contributed by atoms with Crippen LogP contribution in [-0.2, 0) is 4.79 Å². The van der Waals surface area contributed by atoms with Crippen molar-refractivity contribution in [2.24, 2.45) is 0 Å². The maximum absolute atomic E-state index is 12.4. The molecule has 0 aliphatic carbocycles. The van der Waals surface area contributed by atoms with Crippen LogP contribution in [0, 0.1) is 10.1 Å². The quantitative estimate of drug-likeness (QED) is 0.351. The molecule has 0 saturated heterocycles. The maximum atomic E-state index is 12.4. The van der Waals surface area contributed by atoms with Crippen molar-refractivity contribution in [2.45, 2.75) is 25.8 Å². The van der Waals surface area contributed by atoms with Crippen LogP contribution in [0.5, 0.6) is 5.75 Å². The minimum atomic E-state index is -0.433. The molecule has 0 saturated carbocycles. The molecule has 0 spiro atoms. The first-order valence-electron chi connectivity index (χ1n) is 8.27. The van der Waals surface area contributed by atoms with Gasteiger partial charge in [-0.05, 0) is 37.1 Å². The van der Waals surface area contributed by atoms with Gasteiger partial charge in [0.05, 0.1) is 17.6 Å². The Bertz CT molecular complexity index is 782. The van der Waals surface area contributed by atoms with Crippen molar-refractivity contribution in [1.29, 1.82) is 0 Å². The van der Waals surface area contributed by atoms with Crippen molar-refractivity contribution >= 4 is 27.5 Å². The van der Waals surface area contributed by atoms with Gasteiger partial charge in [-0.15, -0.1) is 0 Å². The Morgan fingerprint density at radius 2 is 2.00 bits per heavy atom. The first-order chi connectivity index (χ1) is 12.4. The molecule has 2 aromatic carbocycles. The van der Waals surface area contributed by atoms with Crippen LogP contribution in [0.1, 0.15) is 31.4 Å². The third-order valence-corrected chi connectivity index (χ3v) is 4.63. The van der Waals surface area contributed by atoms with E-state index in [0.29, 0.717) is 19.4 Å². The lowest BCUT2D eigenvalue weighted by Crippen LogP contribution is -2.29. The number of hydrogen-bond donors (Lipinski definition) is 0. The Hall–Kier alpha value is -2.41. The molecule has 2 rings (SSSR count). The van der Waals surface area contributed by atoms with Crippen molar-refractivity contribution in [3.8, 4) is 5.75 Å². The maximum Gasteiger partial charge on any atom is 0.269 e. The molecule has 0 radical (unpaired) electrons. The largest absolute Gasteiger partial charge is 0.494 e. The lowest BCUT2D eigenvalue weighted by molar-refractivity contribution is -0.384. The van der Waals surface area contributed by atoms with Gasteiger partial charge >= 0.3 is 0 Å². The zero-order valence-electron chi connectivity index (χ0n) is 14.7. The molecule has 1 unspecified atom stereocenters. The Kier molecular flexibility index (Phi) is 7.15. The number of carbonyl (C=O) groups is 1. The third-order valence-electron chi connectivity index (χ3n) is 4.14. The Balaban J connectivity index is 1.84. The van der Waals surface area contributed by atoms with Gasteiger partial charge in [0, 0.05) is 30.1 Å². The first-order valence-corrected chi connectivity index (χ1v) is 9.06. The Morgan fingerprint density at radius 3 is 2.69 bits per heavy atom. The Morgan fingerprint density at radius 1 is 1.27 bits per heavy atom. The fourth-order valence-corrected chi connectivity index (χ4v) is 2.86. The predicted octanol–water partition coefficient (Wildman–Crippen LogP) is 4.74. The number of benzene rings is 2. The highest BCUT2D eigenvalue weighted by atomic mass is 79.9. The molecule has 7 heteroatoms. The zero-order chi connectivity index (χ0) is 19.1. The molecule has 0 bridgehead atoms.